The first-order valence-electron chi connectivity index (χ1n) is 7.46. The Morgan fingerprint density at radius 1 is 1.38 bits per heavy atom. The molecule has 8 nitrogen and oxygen atoms in total. The Hall–Kier alpha value is -2.78. The van der Waals surface area contributed by atoms with Gasteiger partial charge >= 0.3 is 4.87 Å². The van der Waals surface area contributed by atoms with Crippen molar-refractivity contribution in [3.63, 3.8) is 0 Å². The number of rotatable bonds is 3. The molecular weight excluding hydrogens is 328 g/mol. The molecule has 0 aliphatic carbocycles. The molecule has 2 aromatic heterocycles. The standard InChI is InChI=1S/C15H16N6O2S/c1-16-14(22)8-5-17-12-11(8)13(19-6-18-12)20-7-2-3-9-10(4-7)24-15(23)21-9/h2-5,13,17-20H,6H2,1H3,(H,16,22)(H,21,23). The van der Waals surface area contributed by atoms with Crippen LogP contribution in [-0.4, -0.2) is 29.6 Å². The summed E-state index contributed by atoms with van der Waals surface area (Å²) in [5, 5.41) is 12.5. The van der Waals surface area contributed by atoms with Crippen LogP contribution in [0.15, 0.2) is 29.2 Å². The molecule has 6 N–H and O–H groups in total. The lowest BCUT2D eigenvalue weighted by Gasteiger charge is -2.28. The Bertz CT molecular complexity index is 972. The van der Waals surface area contributed by atoms with Gasteiger partial charge in [0, 0.05) is 24.5 Å². The molecule has 124 valence electrons. The van der Waals surface area contributed by atoms with Crippen molar-refractivity contribution in [2.75, 3.05) is 24.3 Å². The first-order valence-corrected chi connectivity index (χ1v) is 8.27. The van der Waals surface area contributed by atoms with Crippen molar-refractivity contribution < 1.29 is 4.79 Å². The van der Waals surface area contributed by atoms with Crippen molar-refractivity contribution in [1.29, 1.82) is 0 Å². The summed E-state index contributed by atoms with van der Waals surface area (Å²) < 4.78 is 0.889. The smallest absolute Gasteiger partial charge is 0.305 e. The molecule has 1 aliphatic rings. The van der Waals surface area contributed by atoms with Crippen LogP contribution >= 0.6 is 11.3 Å². The van der Waals surface area contributed by atoms with Crippen molar-refractivity contribution >= 4 is 39.0 Å². The van der Waals surface area contributed by atoms with Gasteiger partial charge in [-0.3, -0.25) is 14.9 Å². The first kappa shape index (κ1) is 14.8. The number of H-pyrrole nitrogens is 2. The number of amides is 1. The molecule has 0 bridgehead atoms. The Labute approximate surface area is 140 Å². The molecule has 1 atom stereocenters. The zero-order chi connectivity index (χ0) is 16.7. The maximum Gasteiger partial charge on any atom is 0.305 e. The Morgan fingerprint density at radius 3 is 3.08 bits per heavy atom. The molecule has 4 rings (SSSR count). The summed E-state index contributed by atoms with van der Waals surface area (Å²) in [6.07, 6.45) is 1.46. The number of aromatic nitrogens is 2. The molecule has 1 aliphatic heterocycles. The molecule has 1 unspecified atom stereocenters. The van der Waals surface area contributed by atoms with Crippen molar-refractivity contribution in [3.05, 3.63) is 45.2 Å². The number of carbonyl (C=O) groups excluding carboxylic acids is 1. The molecule has 0 saturated carbocycles. The van der Waals surface area contributed by atoms with E-state index >= 15 is 0 Å². The largest absolute Gasteiger partial charge is 0.366 e. The fourth-order valence-electron chi connectivity index (χ4n) is 2.87. The number of anilines is 2. The first-order chi connectivity index (χ1) is 11.7. The number of hydrogen-bond acceptors (Lipinski definition) is 6. The minimum absolute atomic E-state index is 0.0723. The van der Waals surface area contributed by atoms with E-state index in [4.69, 9.17) is 0 Å². The molecule has 0 fully saturated rings. The normalized spacial score (nSPS) is 16.5. The number of hydrogen-bond donors (Lipinski definition) is 6. The van der Waals surface area contributed by atoms with Crippen LogP contribution < -0.4 is 26.1 Å². The Kier molecular flexibility index (Phi) is 3.51. The third-order valence-electron chi connectivity index (χ3n) is 3.98. The van der Waals surface area contributed by atoms with E-state index in [0.717, 1.165) is 27.3 Å². The minimum Gasteiger partial charge on any atom is -0.366 e. The van der Waals surface area contributed by atoms with Gasteiger partial charge in [-0.2, -0.15) is 0 Å². The highest BCUT2D eigenvalue weighted by Crippen LogP contribution is 2.31. The molecular formula is C15H16N6O2S. The van der Waals surface area contributed by atoms with Gasteiger partial charge in [-0.25, -0.2) is 0 Å². The molecule has 3 heterocycles. The van der Waals surface area contributed by atoms with Crippen molar-refractivity contribution in [2.24, 2.45) is 0 Å². The lowest BCUT2D eigenvalue weighted by atomic mass is 10.1. The van der Waals surface area contributed by atoms with E-state index < -0.39 is 0 Å². The van der Waals surface area contributed by atoms with Crippen LogP contribution in [0, 0.1) is 0 Å². The summed E-state index contributed by atoms with van der Waals surface area (Å²) in [5.41, 5.74) is 3.11. The monoisotopic (exact) mass is 344 g/mol. The molecule has 0 saturated heterocycles. The molecule has 0 spiro atoms. The maximum atomic E-state index is 12.1. The number of thiazole rings is 1. The van der Waals surface area contributed by atoms with E-state index in [2.05, 4.69) is 31.2 Å². The van der Waals surface area contributed by atoms with Crippen molar-refractivity contribution in [3.8, 4) is 0 Å². The molecule has 24 heavy (non-hydrogen) atoms. The lowest BCUT2D eigenvalue weighted by molar-refractivity contribution is 0.0962. The highest BCUT2D eigenvalue weighted by atomic mass is 32.1. The van der Waals surface area contributed by atoms with E-state index in [1.165, 1.54) is 11.3 Å². The number of nitrogens with one attached hydrogen (secondary N) is 6. The fourth-order valence-corrected chi connectivity index (χ4v) is 3.65. The molecule has 0 radical (unpaired) electrons. The second kappa shape index (κ2) is 5.69. The second-order valence-corrected chi connectivity index (χ2v) is 6.45. The summed E-state index contributed by atoms with van der Waals surface area (Å²) in [5.74, 6) is 0.668. The van der Waals surface area contributed by atoms with Crippen LogP contribution in [0.2, 0.25) is 0 Å². The third-order valence-corrected chi connectivity index (χ3v) is 4.83. The van der Waals surface area contributed by atoms with Crippen LogP contribution in [0.4, 0.5) is 11.5 Å². The SMILES string of the molecule is CNC(=O)c1c[nH]c2c1C(Nc1ccc3[nH]c(=O)sc3c1)NCN2. The Balaban J connectivity index is 1.69. The number of fused-ring (bicyclic) bond motifs is 2. The molecule has 1 aromatic carbocycles. The van der Waals surface area contributed by atoms with E-state index in [0.29, 0.717) is 12.2 Å². The predicted molar refractivity (Wildman–Crippen MR) is 94.6 cm³/mol. The van der Waals surface area contributed by atoms with Gasteiger partial charge in [0.25, 0.3) is 5.91 Å². The fraction of sp³-hybridized carbons (Fsp3) is 0.200. The van der Waals surface area contributed by atoms with Gasteiger partial charge in [0.05, 0.1) is 22.4 Å². The van der Waals surface area contributed by atoms with Gasteiger partial charge < -0.3 is 25.9 Å². The van der Waals surface area contributed by atoms with Crippen molar-refractivity contribution in [1.82, 2.24) is 20.6 Å². The van der Waals surface area contributed by atoms with Gasteiger partial charge in [-0.15, -0.1) is 0 Å². The van der Waals surface area contributed by atoms with Crippen molar-refractivity contribution in [2.45, 2.75) is 6.17 Å². The average Bonchev–Trinajstić information content (AvgIpc) is 3.17. The van der Waals surface area contributed by atoms with Gasteiger partial charge in [0.15, 0.2) is 0 Å². The molecule has 9 heteroatoms. The average molecular weight is 344 g/mol. The number of aromatic amines is 2. The van der Waals surface area contributed by atoms with Crippen LogP contribution in [0.1, 0.15) is 22.1 Å². The number of carbonyl (C=O) groups is 1. The molecule has 3 aromatic rings. The minimum atomic E-state index is -0.229. The van der Waals surface area contributed by atoms with Gasteiger partial charge in [0.2, 0.25) is 0 Å². The summed E-state index contributed by atoms with van der Waals surface area (Å²) in [6.45, 7) is 0.568. The lowest BCUT2D eigenvalue weighted by Crippen LogP contribution is -2.38. The highest BCUT2D eigenvalue weighted by molar-refractivity contribution is 7.16. The summed E-state index contributed by atoms with van der Waals surface area (Å²) >= 11 is 1.17. The quantitative estimate of drug-likeness (QED) is 0.429. The van der Waals surface area contributed by atoms with E-state index in [1.807, 2.05) is 18.2 Å². The van der Waals surface area contributed by atoms with Crippen LogP contribution in [0.3, 0.4) is 0 Å². The van der Waals surface area contributed by atoms with Gasteiger partial charge in [-0.1, -0.05) is 11.3 Å². The molecule has 1 amide bonds. The summed E-state index contributed by atoms with van der Waals surface area (Å²) in [7, 11) is 1.61. The second-order valence-electron chi connectivity index (χ2n) is 5.43. The van der Waals surface area contributed by atoms with Crippen LogP contribution in [0.5, 0.6) is 0 Å². The zero-order valence-electron chi connectivity index (χ0n) is 12.8. The number of benzene rings is 1. The summed E-state index contributed by atoms with van der Waals surface area (Å²) in [4.78, 5) is 29.3. The van der Waals surface area contributed by atoms with Crippen LogP contribution in [-0.2, 0) is 0 Å². The van der Waals surface area contributed by atoms with E-state index in [1.54, 1.807) is 13.2 Å². The van der Waals surface area contributed by atoms with Gasteiger partial charge in [-0.05, 0) is 18.2 Å². The maximum absolute atomic E-state index is 12.1. The van der Waals surface area contributed by atoms with E-state index in [9.17, 15) is 9.59 Å². The third kappa shape index (κ3) is 2.43. The van der Waals surface area contributed by atoms with Gasteiger partial charge in [0.1, 0.15) is 12.0 Å². The highest BCUT2D eigenvalue weighted by Gasteiger charge is 2.27. The zero-order valence-corrected chi connectivity index (χ0v) is 13.6. The Morgan fingerprint density at radius 2 is 2.25 bits per heavy atom. The van der Waals surface area contributed by atoms with Crippen LogP contribution in [0.25, 0.3) is 10.2 Å². The topological polar surface area (TPSA) is 114 Å². The summed E-state index contributed by atoms with van der Waals surface area (Å²) in [6, 6.07) is 5.70. The predicted octanol–water partition coefficient (Wildman–Crippen LogP) is 1.36. The van der Waals surface area contributed by atoms with E-state index in [-0.39, 0.29) is 16.9 Å².